The van der Waals surface area contributed by atoms with Crippen molar-refractivity contribution in [2.24, 2.45) is 5.92 Å². The summed E-state index contributed by atoms with van der Waals surface area (Å²) >= 11 is 0. The molecule has 0 saturated heterocycles. The van der Waals surface area contributed by atoms with E-state index in [9.17, 15) is 5.11 Å². The van der Waals surface area contributed by atoms with Gasteiger partial charge in [0.15, 0.2) is 0 Å². The third-order valence-corrected chi connectivity index (χ3v) is 4.03. The van der Waals surface area contributed by atoms with Gasteiger partial charge < -0.3 is 14.6 Å². The lowest BCUT2D eigenvalue weighted by Crippen LogP contribution is -2.33. The fourth-order valence-corrected chi connectivity index (χ4v) is 2.81. The summed E-state index contributed by atoms with van der Waals surface area (Å²) in [7, 11) is 1.65. The van der Waals surface area contributed by atoms with Crippen LogP contribution in [0.4, 0.5) is 0 Å². The summed E-state index contributed by atoms with van der Waals surface area (Å²) in [5.74, 6) is 1.90. The van der Waals surface area contributed by atoms with Crippen molar-refractivity contribution in [3.8, 4) is 11.5 Å². The Bertz CT molecular complexity index is 609. The van der Waals surface area contributed by atoms with E-state index < -0.39 is 6.10 Å². The van der Waals surface area contributed by atoms with E-state index in [1.54, 1.807) is 7.11 Å². The van der Waals surface area contributed by atoms with Crippen molar-refractivity contribution < 1.29 is 14.6 Å². The highest BCUT2D eigenvalue weighted by Crippen LogP contribution is 2.29. The van der Waals surface area contributed by atoms with Crippen LogP contribution in [-0.4, -0.2) is 24.9 Å². The third-order valence-electron chi connectivity index (χ3n) is 4.03. The van der Waals surface area contributed by atoms with Crippen molar-refractivity contribution >= 4 is 0 Å². The quantitative estimate of drug-likeness (QED) is 0.938. The van der Waals surface area contributed by atoms with Gasteiger partial charge in [-0.3, -0.25) is 0 Å². The normalized spacial score (nSPS) is 18.5. The zero-order valence-corrected chi connectivity index (χ0v) is 12.2. The molecule has 2 aromatic rings. The highest BCUT2D eigenvalue weighted by molar-refractivity contribution is 5.35. The number of ether oxygens (including phenoxy) is 2. The molecule has 1 N–H and O–H groups in total. The highest BCUT2D eigenvalue weighted by Gasteiger charge is 2.26. The van der Waals surface area contributed by atoms with Crippen LogP contribution in [0.1, 0.15) is 11.1 Å². The van der Waals surface area contributed by atoms with Crippen molar-refractivity contribution in [3.63, 3.8) is 0 Å². The maximum Gasteiger partial charge on any atom is 0.122 e. The average molecular weight is 284 g/mol. The largest absolute Gasteiger partial charge is 0.497 e. The molecule has 2 aromatic carbocycles. The summed E-state index contributed by atoms with van der Waals surface area (Å²) in [5, 5.41) is 10.5. The van der Waals surface area contributed by atoms with E-state index in [0.717, 1.165) is 23.5 Å². The molecular formula is C18H20O3. The van der Waals surface area contributed by atoms with Crippen molar-refractivity contribution in [2.75, 3.05) is 13.7 Å². The van der Waals surface area contributed by atoms with Gasteiger partial charge in [0.2, 0.25) is 0 Å². The second kappa shape index (κ2) is 6.19. The molecule has 2 unspecified atom stereocenters. The molecule has 110 valence electrons. The molecule has 0 fully saturated rings. The predicted molar refractivity (Wildman–Crippen MR) is 81.8 cm³/mol. The van der Waals surface area contributed by atoms with Crippen LogP contribution in [0.2, 0.25) is 0 Å². The molecule has 0 aliphatic carbocycles. The van der Waals surface area contributed by atoms with Gasteiger partial charge in [-0.2, -0.15) is 0 Å². The van der Waals surface area contributed by atoms with Crippen LogP contribution < -0.4 is 9.47 Å². The van der Waals surface area contributed by atoms with Crippen LogP contribution in [-0.2, 0) is 12.8 Å². The van der Waals surface area contributed by atoms with Crippen LogP contribution in [0.15, 0.2) is 48.5 Å². The predicted octanol–water partition coefficient (Wildman–Crippen LogP) is 2.85. The average Bonchev–Trinajstić information content (AvgIpc) is 2.54. The third kappa shape index (κ3) is 3.19. The van der Waals surface area contributed by atoms with Gasteiger partial charge in [-0.15, -0.1) is 0 Å². The zero-order chi connectivity index (χ0) is 14.7. The van der Waals surface area contributed by atoms with Crippen molar-refractivity contribution in [2.45, 2.75) is 18.9 Å². The van der Waals surface area contributed by atoms with Gasteiger partial charge in [0, 0.05) is 5.92 Å². The standard InChI is InChI=1S/C18H20O3/c1-20-16-7-4-5-13(9-16)10-17(19)15-11-14-6-2-3-8-18(14)21-12-15/h2-9,15,17,19H,10-12H2,1H3. The van der Waals surface area contributed by atoms with Gasteiger partial charge in [0.05, 0.1) is 19.8 Å². The van der Waals surface area contributed by atoms with E-state index in [1.165, 1.54) is 5.56 Å². The van der Waals surface area contributed by atoms with E-state index in [-0.39, 0.29) is 5.92 Å². The SMILES string of the molecule is COc1cccc(CC(O)C2COc3ccccc3C2)c1. The van der Waals surface area contributed by atoms with E-state index in [2.05, 4.69) is 6.07 Å². The molecule has 0 bridgehead atoms. The first-order valence-corrected chi connectivity index (χ1v) is 7.28. The molecule has 0 radical (unpaired) electrons. The molecule has 0 spiro atoms. The van der Waals surface area contributed by atoms with Crippen LogP contribution in [0.25, 0.3) is 0 Å². The molecule has 0 amide bonds. The molecular weight excluding hydrogens is 264 g/mol. The van der Waals surface area contributed by atoms with Crippen LogP contribution in [0.5, 0.6) is 11.5 Å². The van der Waals surface area contributed by atoms with Crippen LogP contribution in [0.3, 0.4) is 0 Å². The summed E-state index contributed by atoms with van der Waals surface area (Å²) in [6.07, 6.45) is 1.07. The van der Waals surface area contributed by atoms with Gasteiger partial charge in [-0.25, -0.2) is 0 Å². The number of hydrogen-bond acceptors (Lipinski definition) is 3. The molecule has 0 aromatic heterocycles. The minimum Gasteiger partial charge on any atom is -0.497 e. The first kappa shape index (κ1) is 14.0. The number of aliphatic hydroxyl groups is 1. The number of rotatable bonds is 4. The van der Waals surface area contributed by atoms with E-state index in [1.807, 2.05) is 42.5 Å². The Morgan fingerprint density at radius 1 is 1.24 bits per heavy atom. The minimum atomic E-state index is -0.412. The van der Waals surface area contributed by atoms with Crippen molar-refractivity contribution in [3.05, 3.63) is 59.7 Å². The molecule has 2 atom stereocenters. The van der Waals surface area contributed by atoms with Crippen LogP contribution >= 0.6 is 0 Å². The number of para-hydroxylation sites is 1. The van der Waals surface area contributed by atoms with Gasteiger partial charge in [0.1, 0.15) is 11.5 Å². The number of hydrogen-bond donors (Lipinski definition) is 1. The molecule has 3 nitrogen and oxygen atoms in total. The Morgan fingerprint density at radius 3 is 2.95 bits per heavy atom. The van der Waals surface area contributed by atoms with E-state index in [4.69, 9.17) is 9.47 Å². The Labute approximate surface area is 125 Å². The molecule has 0 saturated carbocycles. The van der Waals surface area contributed by atoms with Gasteiger partial charge in [0.25, 0.3) is 0 Å². The second-order valence-corrected chi connectivity index (χ2v) is 5.51. The van der Waals surface area contributed by atoms with E-state index in [0.29, 0.717) is 13.0 Å². The van der Waals surface area contributed by atoms with Crippen molar-refractivity contribution in [1.29, 1.82) is 0 Å². The Morgan fingerprint density at radius 2 is 2.10 bits per heavy atom. The Hall–Kier alpha value is -2.00. The first-order chi connectivity index (χ1) is 10.3. The topological polar surface area (TPSA) is 38.7 Å². The fourth-order valence-electron chi connectivity index (χ4n) is 2.81. The van der Waals surface area contributed by atoms with Gasteiger partial charge >= 0.3 is 0 Å². The summed E-state index contributed by atoms with van der Waals surface area (Å²) in [4.78, 5) is 0. The molecule has 3 rings (SSSR count). The molecule has 1 aliphatic rings. The Balaban J connectivity index is 1.67. The maximum atomic E-state index is 10.5. The lowest BCUT2D eigenvalue weighted by Gasteiger charge is -2.29. The van der Waals surface area contributed by atoms with Crippen LogP contribution in [0, 0.1) is 5.92 Å². The van der Waals surface area contributed by atoms with Gasteiger partial charge in [-0.1, -0.05) is 30.3 Å². The summed E-state index contributed by atoms with van der Waals surface area (Å²) in [6, 6.07) is 15.9. The number of methoxy groups -OCH3 is 1. The lowest BCUT2D eigenvalue weighted by molar-refractivity contribution is 0.0652. The summed E-state index contributed by atoms with van der Waals surface area (Å²) < 4.78 is 11.0. The molecule has 1 aliphatic heterocycles. The monoisotopic (exact) mass is 284 g/mol. The first-order valence-electron chi connectivity index (χ1n) is 7.28. The zero-order valence-electron chi connectivity index (χ0n) is 12.2. The molecule has 3 heteroatoms. The van der Waals surface area contributed by atoms with E-state index >= 15 is 0 Å². The van der Waals surface area contributed by atoms with Crippen molar-refractivity contribution in [1.82, 2.24) is 0 Å². The minimum absolute atomic E-state index is 0.131. The smallest absolute Gasteiger partial charge is 0.122 e. The molecule has 21 heavy (non-hydrogen) atoms. The highest BCUT2D eigenvalue weighted by atomic mass is 16.5. The van der Waals surface area contributed by atoms with Gasteiger partial charge in [-0.05, 0) is 42.2 Å². The summed E-state index contributed by atoms with van der Waals surface area (Å²) in [6.45, 7) is 0.572. The Kier molecular flexibility index (Phi) is 4.11. The maximum absolute atomic E-state index is 10.5. The lowest BCUT2D eigenvalue weighted by atomic mass is 9.89. The second-order valence-electron chi connectivity index (χ2n) is 5.51. The number of aliphatic hydroxyl groups excluding tert-OH is 1. The number of fused-ring (bicyclic) bond motifs is 1. The molecule has 1 heterocycles. The number of benzene rings is 2. The summed E-state index contributed by atoms with van der Waals surface area (Å²) in [5.41, 5.74) is 2.26. The fraction of sp³-hybridized carbons (Fsp3) is 0.333.